The molecule has 4 heteroatoms. The second kappa shape index (κ2) is 2.25. The lowest BCUT2D eigenvalue weighted by molar-refractivity contribution is 0.628. The molecule has 0 radical (unpaired) electrons. The van der Waals surface area contributed by atoms with Gasteiger partial charge >= 0.3 is 9.88 Å². The molecule has 1 aliphatic heterocycles. The van der Waals surface area contributed by atoms with Crippen LogP contribution in [-0.4, -0.2) is 8.42 Å². The highest BCUT2D eigenvalue weighted by Crippen LogP contribution is 2.30. The first-order chi connectivity index (χ1) is 3.80. The predicted octanol–water partition coefficient (Wildman–Crippen LogP) is 1.30. The van der Waals surface area contributed by atoms with Gasteiger partial charge in [0.1, 0.15) is 11.6 Å². The van der Waals surface area contributed by atoms with E-state index in [1.807, 2.05) is 0 Å². The zero-order valence-corrected chi connectivity index (χ0v) is 5.69. The summed E-state index contributed by atoms with van der Waals surface area (Å²) in [5, 5.41) is 0. The van der Waals surface area contributed by atoms with E-state index >= 15 is 0 Å². The molecular weight excluding hydrogens is 143 g/mol. The van der Waals surface area contributed by atoms with Crippen molar-refractivity contribution in [3.63, 3.8) is 0 Å². The molecule has 0 aliphatic carbocycles. The Kier molecular flexibility index (Phi) is 1.61. The molecule has 42 valence electrons. The van der Waals surface area contributed by atoms with Crippen LogP contribution in [0.4, 0.5) is 0 Å². The Morgan fingerprint density at radius 2 is 1.62 bits per heavy atom. The fourth-order valence-electron chi connectivity index (χ4n) is 0.418. The average molecular weight is 147 g/mol. The SMILES string of the molecule is O=S(=O)=[P+]1C=CC=C1. The molecule has 0 aromatic heterocycles. The summed E-state index contributed by atoms with van der Waals surface area (Å²) >= 11 is 0. The van der Waals surface area contributed by atoms with Gasteiger partial charge in [-0.05, 0) is 12.2 Å². The maximum absolute atomic E-state index is 10.1. The van der Waals surface area contributed by atoms with E-state index in [0.717, 1.165) is 0 Å². The minimum atomic E-state index is -1.90. The van der Waals surface area contributed by atoms with Crippen LogP contribution >= 0.6 is 6.70 Å². The summed E-state index contributed by atoms with van der Waals surface area (Å²) in [6.45, 7) is -0.949. The zero-order valence-electron chi connectivity index (χ0n) is 3.98. The molecule has 0 saturated heterocycles. The summed E-state index contributed by atoms with van der Waals surface area (Å²) in [4.78, 5) is 0. The lowest BCUT2D eigenvalue weighted by Crippen LogP contribution is -1.45. The summed E-state index contributed by atoms with van der Waals surface area (Å²) in [6, 6.07) is 0. The normalized spacial score (nSPS) is 15.2. The van der Waals surface area contributed by atoms with Crippen LogP contribution in [0.25, 0.3) is 0 Å². The highest BCUT2D eigenvalue weighted by atomic mass is 32.5. The van der Waals surface area contributed by atoms with Crippen molar-refractivity contribution in [3.8, 4) is 0 Å². The van der Waals surface area contributed by atoms with Crippen LogP contribution in [0, 0.1) is 0 Å². The summed E-state index contributed by atoms with van der Waals surface area (Å²) in [5.41, 5.74) is 0. The van der Waals surface area contributed by atoms with Crippen LogP contribution in [0.15, 0.2) is 23.8 Å². The maximum atomic E-state index is 10.1. The Morgan fingerprint density at radius 1 is 1.12 bits per heavy atom. The van der Waals surface area contributed by atoms with Crippen molar-refractivity contribution in [1.82, 2.24) is 0 Å². The topological polar surface area (TPSA) is 34.1 Å². The van der Waals surface area contributed by atoms with E-state index < -0.39 is 16.6 Å². The van der Waals surface area contributed by atoms with Gasteiger partial charge in [0, 0.05) is 0 Å². The van der Waals surface area contributed by atoms with Gasteiger partial charge < -0.3 is 0 Å². The van der Waals surface area contributed by atoms with Gasteiger partial charge in [0.15, 0.2) is 0 Å². The minimum Gasteiger partial charge on any atom is -0.141 e. The highest BCUT2D eigenvalue weighted by Gasteiger charge is 2.07. The van der Waals surface area contributed by atoms with Crippen LogP contribution < -0.4 is 0 Å². The molecule has 0 N–H and O–H groups in total. The Bertz CT molecular complexity index is 248. The van der Waals surface area contributed by atoms with Crippen molar-refractivity contribution in [2.24, 2.45) is 0 Å². The first-order valence-electron chi connectivity index (χ1n) is 2.03. The summed E-state index contributed by atoms with van der Waals surface area (Å²) in [5.74, 6) is 3.39. The van der Waals surface area contributed by atoms with E-state index in [1.54, 1.807) is 23.8 Å². The van der Waals surface area contributed by atoms with E-state index in [4.69, 9.17) is 0 Å². The van der Waals surface area contributed by atoms with Crippen LogP contribution in [0.3, 0.4) is 0 Å². The van der Waals surface area contributed by atoms with Crippen molar-refractivity contribution in [2.45, 2.75) is 0 Å². The molecule has 0 fully saturated rings. The van der Waals surface area contributed by atoms with Crippen LogP contribution in [-0.2, 0) is 9.88 Å². The van der Waals surface area contributed by atoms with Crippen LogP contribution in [0.2, 0.25) is 0 Å². The van der Waals surface area contributed by atoms with Gasteiger partial charge in [-0.25, -0.2) is 0 Å². The van der Waals surface area contributed by atoms with E-state index in [1.165, 1.54) is 0 Å². The second-order valence-electron chi connectivity index (χ2n) is 1.26. The predicted molar refractivity (Wildman–Crippen MR) is 34.1 cm³/mol. The largest absolute Gasteiger partial charge is 0.387 e. The fraction of sp³-hybridized carbons (Fsp3) is 0. The van der Waals surface area contributed by atoms with Crippen molar-refractivity contribution >= 4 is 16.6 Å². The summed E-state index contributed by atoms with van der Waals surface area (Å²) in [7, 11) is -1.90. The van der Waals surface area contributed by atoms with Crippen molar-refractivity contribution < 1.29 is 8.42 Å². The molecule has 0 saturated carbocycles. The molecule has 2 nitrogen and oxygen atoms in total. The molecule has 1 rings (SSSR count). The molecule has 0 atom stereocenters. The third-order valence-electron chi connectivity index (χ3n) is 0.749. The summed E-state index contributed by atoms with van der Waals surface area (Å²) in [6.07, 6.45) is 3.50. The lowest BCUT2D eigenvalue weighted by atomic mass is 10.6. The maximum Gasteiger partial charge on any atom is 0.387 e. The lowest BCUT2D eigenvalue weighted by Gasteiger charge is -1.51. The van der Waals surface area contributed by atoms with Gasteiger partial charge in [-0.1, -0.05) is 0 Å². The molecular formula is C4H4O2PS+. The minimum absolute atomic E-state index is 0.949. The van der Waals surface area contributed by atoms with Gasteiger partial charge in [-0.3, -0.25) is 0 Å². The Morgan fingerprint density at radius 3 is 1.88 bits per heavy atom. The molecule has 0 aromatic carbocycles. The molecule has 8 heavy (non-hydrogen) atoms. The van der Waals surface area contributed by atoms with Crippen molar-refractivity contribution in [2.75, 3.05) is 0 Å². The molecule has 0 amide bonds. The molecule has 1 aliphatic rings. The third-order valence-corrected chi connectivity index (χ3v) is 3.79. The van der Waals surface area contributed by atoms with Gasteiger partial charge in [-0.2, -0.15) is 0 Å². The smallest absolute Gasteiger partial charge is 0.141 e. The van der Waals surface area contributed by atoms with E-state index in [2.05, 4.69) is 0 Å². The quantitative estimate of drug-likeness (QED) is 0.484. The Balaban J connectivity index is 3.29. The summed E-state index contributed by atoms with van der Waals surface area (Å²) < 4.78 is 20.3. The highest BCUT2D eigenvalue weighted by molar-refractivity contribution is 8.14. The standard InChI is InChI=1S/C4H4O2PS/c5-8(6)7-3-1-2-4-7/h1-4H/q+1. The number of rotatable bonds is 0. The van der Waals surface area contributed by atoms with Crippen LogP contribution in [0.5, 0.6) is 0 Å². The van der Waals surface area contributed by atoms with Gasteiger partial charge in [0.2, 0.25) is 0 Å². The van der Waals surface area contributed by atoms with Gasteiger partial charge in [-0.15, -0.1) is 8.42 Å². The van der Waals surface area contributed by atoms with Crippen molar-refractivity contribution in [3.05, 3.63) is 23.8 Å². The van der Waals surface area contributed by atoms with Crippen molar-refractivity contribution in [1.29, 1.82) is 0 Å². The van der Waals surface area contributed by atoms with Crippen LogP contribution in [0.1, 0.15) is 0 Å². The monoisotopic (exact) mass is 147 g/mol. The zero-order chi connectivity index (χ0) is 5.98. The molecule has 0 spiro atoms. The second-order valence-corrected chi connectivity index (χ2v) is 5.17. The number of allylic oxidation sites excluding steroid dienone is 2. The van der Waals surface area contributed by atoms with E-state index in [0.29, 0.717) is 0 Å². The number of hydrogen-bond acceptors (Lipinski definition) is 2. The van der Waals surface area contributed by atoms with E-state index in [9.17, 15) is 8.42 Å². The molecule has 0 aromatic rings. The first kappa shape index (κ1) is 5.73. The molecule has 0 unspecified atom stereocenters. The first-order valence-corrected chi connectivity index (χ1v) is 5.19. The third kappa shape index (κ3) is 1.05. The fourth-order valence-corrected chi connectivity index (χ4v) is 2.27. The van der Waals surface area contributed by atoms with Gasteiger partial charge in [0.05, 0.1) is 0 Å². The molecule has 0 bridgehead atoms. The Labute approximate surface area is 49.5 Å². The Hall–Kier alpha value is -0.400. The number of hydrogen-bond donors (Lipinski definition) is 0. The van der Waals surface area contributed by atoms with E-state index in [-0.39, 0.29) is 0 Å². The molecule has 1 heterocycles. The average Bonchev–Trinajstić information content (AvgIpc) is 2.12. The van der Waals surface area contributed by atoms with Gasteiger partial charge in [0.25, 0.3) is 6.70 Å².